The quantitative estimate of drug-likeness (QED) is 0.799. The molecule has 0 aliphatic carbocycles. The van der Waals surface area contributed by atoms with Crippen molar-refractivity contribution in [3.8, 4) is 0 Å². The van der Waals surface area contributed by atoms with Gasteiger partial charge in [0.2, 0.25) is 0 Å². The molecule has 1 atom stereocenters. The van der Waals surface area contributed by atoms with Crippen molar-refractivity contribution in [2.45, 2.75) is 59.8 Å². The van der Waals surface area contributed by atoms with Crippen molar-refractivity contribution >= 4 is 0 Å². The van der Waals surface area contributed by atoms with E-state index >= 15 is 0 Å². The first-order valence-electron chi connectivity index (χ1n) is 7.79. The fourth-order valence-electron chi connectivity index (χ4n) is 2.72. The standard InChI is InChI=1S/C19H26N2/c1-12(2)19-16(6)15(5)18(20-21-19)11-14(4)17-9-7-13(3)8-10-17/h7-10,12,14H,11H2,1-6H3/t14-/m0/s1. The highest BCUT2D eigenvalue weighted by molar-refractivity contribution is 5.33. The maximum absolute atomic E-state index is 4.49. The zero-order chi connectivity index (χ0) is 15.6. The lowest BCUT2D eigenvalue weighted by atomic mass is 9.92. The van der Waals surface area contributed by atoms with Crippen molar-refractivity contribution < 1.29 is 0 Å². The summed E-state index contributed by atoms with van der Waals surface area (Å²) in [5, 5.41) is 8.94. The Morgan fingerprint density at radius 3 is 2.05 bits per heavy atom. The minimum absolute atomic E-state index is 0.430. The summed E-state index contributed by atoms with van der Waals surface area (Å²) in [4.78, 5) is 0. The van der Waals surface area contributed by atoms with Crippen LogP contribution in [0.25, 0.3) is 0 Å². The van der Waals surface area contributed by atoms with E-state index in [9.17, 15) is 0 Å². The molecule has 1 aromatic carbocycles. The van der Waals surface area contributed by atoms with Gasteiger partial charge in [0.05, 0.1) is 11.4 Å². The summed E-state index contributed by atoms with van der Waals surface area (Å²) in [5.74, 6) is 0.891. The minimum Gasteiger partial charge on any atom is -0.155 e. The third-order valence-electron chi connectivity index (χ3n) is 4.35. The Bertz CT molecular complexity index is 612. The van der Waals surface area contributed by atoms with Crippen LogP contribution in [0.15, 0.2) is 24.3 Å². The number of rotatable bonds is 4. The largest absolute Gasteiger partial charge is 0.155 e. The van der Waals surface area contributed by atoms with Gasteiger partial charge in [0.15, 0.2) is 0 Å². The van der Waals surface area contributed by atoms with Crippen molar-refractivity contribution in [3.63, 3.8) is 0 Å². The molecule has 112 valence electrons. The summed E-state index contributed by atoms with van der Waals surface area (Å²) < 4.78 is 0. The highest BCUT2D eigenvalue weighted by Gasteiger charge is 2.15. The van der Waals surface area contributed by atoms with E-state index in [1.54, 1.807) is 0 Å². The molecule has 0 bridgehead atoms. The molecule has 1 heterocycles. The average molecular weight is 282 g/mol. The summed E-state index contributed by atoms with van der Waals surface area (Å²) in [6.07, 6.45) is 0.946. The Labute approximate surface area is 128 Å². The Kier molecular flexibility index (Phi) is 4.76. The summed E-state index contributed by atoms with van der Waals surface area (Å²) in [5.41, 5.74) is 7.52. The van der Waals surface area contributed by atoms with Gasteiger partial charge in [-0.3, -0.25) is 0 Å². The average Bonchev–Trinajstić information content (AvgIpc) is 2.44. The summed E-state index contributed by atoms with van der Waals surface area (Å²) in [6.45, 7) is 13.1. The topological polar surface area (TPSA) is 25.8 Å². The first-order chi connectivity index (χ1) is 9.90. The first kappa shape index (κ1) is 15.7. The number of hydrogen-bond donors (Lipinski definition) is 0. The Morgan fingerprint density at radius 1 is 0.857 bits per heavy atom. The van der Waals surface area contributed by atoms with Crippen LogP contribution in [0.3, 0.4) is 0 Å². The van der Waals surface area contributed by atoms with Crippen LogP contribution in [0.5, 0.6) is 0 Å². The van der Waals surface area contributed by atoms with Crippen LogP contribution in [0.2, 0.25) is 0 Å². The molecular weight excluding hydrogens is 256 g/mol. The van der Waals surface area contributed by atoms with Gasteiger partial charge in [-0.15, -0.1) is 0 Å². The molecule has 2 heteroatoms. The molecule has 0 spiro atoms. The van der Waals surface area contributed by atoms with Gasteiger partial charge in [-0.25, -0.2) is 0 Å². The third kappa shape index (κ3) is 3.49. The number of aryl methyl sites for hydroxylation is 1. The maximum Gasteiger partial charge on any atom is 0.0688 e. The van der Waals surface area contributed by atoms with Crippen molar-refractivity contribution in [2.24, 2.45) is 0 Å². The lowest BCUT2D eigenvalue weighted by Gasteiger charge is -2.16. The van der Waals surface area contributed by atoms with E-state index in [4.69, 9.17) is 0 Å². The van der Waals surface area contributed by atoms with Gasteiger partial charge in [0.25, 0.3) is 0 Å². The molecular formula is C19H26N2. The van der Waals surface area contributed by atoms with E-state index in [1.165, 1.54) is 22.3 Å². The number of aromatic nitrogens is 2. The fraction of sp³-hybridized carbons (Fsp3) is 0.474. The van der Waals surface area contributed by atoms with Crippen LogP contribution in [-0.4, -0.2) is 10.2 Å². The second-order valence-corrected chi connectivity index (χ2v) is 6.45. The second-order valence-electron chi connectivity index (χ2n) is 6.45. The van der Waals surface area contributed by atoms with Gasteiger partial charge in [-0.05, 0) is 55.7 Å². The fourth-order valence-corrected chi connectivity index (χ4v) is 2.72. The number of nitrogens with zero attached hydrogens (tertiary/aromatic N) is 2. The molecule has 0 aliphatic rings. The third-order valence-corrected chi connectivity index (χ3v) is 4.35. The molecule has 0 fully saturated rings. The molecule has 0 aliphatic heterocycles. The Morgan fingerprint density at radius 2 is 1.48 bits per heavy atom. The molecule has 1 aromatic heterocycles. The number of hydrogen-bond acceptors (Lipinski definition) is 2. The molecule has 2 aromatic rings. The van der Waals surface area contributed by atoms with Gasteiger partial charge in [0, 0.05) is 0 Å². The van der Waals surface area contributed by atoms with E-state index in [0.717, 1.165) is 17.8 Å². The molecule has 0 unspecified atom stereocenters. The second kappa shape index (κ2) is 6.38. The summed E-state index contributed by atoms with van der Waals surface area (Å²) in [6, 6.07) is 8.80. The minimum atomic E-state index is 0.430. The SMILES string of the molecule is Cc1ccc([C@@H](C)Cc2nnc(C(C)C)c(C)c2C)cc1. The van der Waals surface area contributed by atoms with Gasteiger partial charge >= 0.3 is 0 Å². The lowest BCUT2D eigenvalue weighted by molar-refractivity contribution is 0.694. The smallest absolute Gasteiger partial charge is 0.0688 e. The van der Waals surface area contributed by atoms with E-state index in [-0.39, 0.29) is 0 Å². The van der Waals surface area contributed by atoms with Gasteiger partial charge in [-0.2, -0.15) is 10.2 Å². The van der Waals surface area contributed by atoms with Gasteiger partial charge < -0.3 is 0 Å². The maximum atomic E-state index is 4.49. The van der Waals surface area contributed by atoms with Gasteiger partial charge in [-0.1, -0.05) is 50.6 Å². The molecule has 21 heavy (non-hydrogen) atoms. The van der Waals surface area contributed by atoms with Crippen LogP contribution >= 0.6 is 0 Å². The molecule has 0 saturated carbocycles. The first-order valence-corrected chi connectivity index (χ1v) is 7.79. The zero-order valence-electron chi connectivity index (χ0n) is 14.1. The van der Waals surface area contributed by atoms with Crippen LogP contribution in [0.1, 0.15) is 66.2 Å². The Balaban J connectivity index is 2.23. The Hall–Kier alpha value is -1.70. The van der Waals surface area contributed by atoms with Crippen molar-refractivity contribution in [1.82, 2.24) is 10.2 Å². The monoisotopic (exact) mass is 282 g/mol. The number of benzene rings is 1. The van der Waals surface area contributed by atoms with Crippen molar-refractivity contribution in [1.29, 1.82) is 0 Å². The van der Waals surface area contributed by atoms with Crippen molar-refractivity contribution in [2.75, 3.05) is 0 Å². The lowest BCUT2D eigenvalue weighted by Crippen LogP contribution is -2.09. The summed E-state index contributed by atoms with van der Waals surface area (Å²) in [7, 11) is 0. The molecule has 2 rings (SSSR count). The van der Waals surface area contributed by atoms with Crippen LogP contribution in [-0.2, 0) is 6.42 Å². The molecule has 2 nitrogen and oxygen atoms in total. The van der Waals surface area contributed by atoms with E-state index in [0.29, 0.717) is 11.8 Å². The molecule has 0 saturated heterocycles. The van der Waals surface area contributed by atoms with E-state index in [1.807, 2.05) is 0 Å². The van der Waals surface area contributed by atoms with Gasteiger partial charge in [0.1, 0.15) is 0 Å². The highest BCUT2D eigenvalue weighted by atomic mass is 15.1. The normalized spacial score (nSPS) is 12.7. The molecule has 0 radical (unpaired) electrons. The molecule has 0 N–H and O–H groups in total. The van der Waals surface area contributed by atoms with E-state index < -0.39 is 0 Å². The highest BCUT2D eigenvalue weighted by Crippen LogP contribution is 2.25. The predicted molar refractivity (Wildman–Crippen MR) is 88.9 cm³/mol. The zero-order valence-corrected chi connectivity index (χ0v) is 14.1. The van der Waals surface area contributed by atoms with Crippen LogP contribution in [0, 0.1) is 20.8 Å². The van der Waals surface area contributed by atoms with Crippen LogP contribution in [0.4, 0.5) is 0 Å². The van der Waals surface area contributed by atoms with Crippen LogP contribution < -0.4 is 0 Å². The van der Waals surface area contributed by atoms with E-state index in [2.05, 4.69) is 76.0 Å². The predicted octanol–water partition coefficient (Wildman–Crippen LogP) is 4.87. The molecule has 0 amide bonds. The summed E-state index contributed by atoms with van der Waals surface area (Å²) >= 11 is 0. The van der Waals surface area contributed by atoms with Crippen molar-refractivity contribution in [3.05, 3.63) is 57.9 Å².